The van der Waals surface area contributed by atoms with Crippen molar-refractivity contribution in [1.29, 1.82) is 0 Å². The van der Waals surface area contributed by atoms with Gasteiger partial charge < -0.3 is 10.1 Å². The summed E-state index contributed by atoms with van der Waals surface area (Å²) in [4.78, 5) is 27.8. The first kappa shape index (κ1) is 20.8. The number of esters is 1. The van der Waals surface area contributed by atoms with Crippen molar-refractivity contribution in [2.45, 2.75) is 38.9 Å². The van der Waals surface area contributed by atoms with E-state index in [2.05, 4.69) is 29.2 Å². The Hall–Kier alpha value is -2.88. The van der Waals surface area contributed by atoms with E-state index in [9.17, 15) is 14.9 Å². The average molecular weight is 417 g/mol. The summed E-state index contributed by atoms with van der Waals surface area (Å²) in [6.07, 6.45) is 0. The van der Waals surface area contributed by atoms with E-state index in [-0.39, 0.29) is 12.3 Å². The molecule has 1 atom stereocenters. The van der Waals surface area contributed by atoms with Gasteiger partial charge in [-0.2, -0.15) is 4.98 Å². The Morgan fingerprint density at radius 2 is 2.07 bits per heavy atom. The fraction of sp³-hybridized carbons (Fsp3) is 0.421. The Labute approximate surface area is 172 Å². The highest BCUT2D eigenvalue weighted by atomic mass is 32.2. The number of rotatable bonds is 7. The molecule has 0 aliphatic carbocycles. The van der Waals surface area contributed by atoms with E-state index in [4.69, 9.17) is 4.74 Å². The van der Waals surface area contributed by atoms with Crippen molar-refractivity contribution >= 4 is 29.4 Å². The maximum Gasteiger partial charge on any atom is 0.338 e. The summed E-state index contributed by atoms with van der Waals surface area (Å²) < 4.78 is 6.90. The van der Waals surface area contributed by atoms with Gasteiger partial charge in [-0.15, -0.1) is 5.10 Å². The van der Waals surface area contributed by atoms with E-state index in [1.165, 1.54) is 23.9 Å². The molecule has 0 spiro atoms. The largest absolute Gasteiger partial charge is 0.463 e. The quantitative estimate of drug-likeness (QED) is 0.313. The number of nitro groups is 1. The van der Waals surface area contributed by atoms with Gasteiger partial charge in [0.1, 0.15) is 6.04 Å². The molecule has 1 aromatic heterocycles. The maximum atomic E-state index is 12.7. The Kier molecular flexibility index (Phi) is 6.21. The van der Waals surface area contributed by atoms with Crippen LogP contribution in [0.2, 0.25) is 0 Å². The number of allylic oxidation sites excluding steroid dienone is 1. The van der Waals surface area contributed by atoms with Crippen molar-refractivity contribution in [1.82, 2.24) is 14.8 Å². The molecule has 0 bridgehead atoms. The minimum absolute atomic E-state index is 0.0203. The molecule has 1 aliphatic rings. The second-order valence-corrected chi connectivity index (χ2v) is 7.99. The summed E-state index contributed by atoms with van der Waals surface area (Å²) in [6, 6.07) is 5.51. The van der Waals surface area contributed by atoms with Gasteiger partial charge in [0.05, 0.1) is 17.1 Å². The number of hydrogen-bond donors (Lipinski definition) is 1. The van der Waals surface area contributed by atoms with Crippen molar-refractivity contribution in [3.63, 3.8) is 0 Å². The molecule has 2 aromatic rings. The second-order valence-electron chi connectivity index (χ2n) is 7.00. The van der Waals surface area contributed by atoms with Gasteiger partial charge in [-0.3, -0.25) is 10.1 Å². The third-order valence-corrected chi connectivity index (χ3v) is 5.56. The Bertz CT molecular complexity index is 952. The fourth-order valence-electron chi connectivity index (χ4n) is 2.99. The van der Waals surface area contributed by atoms with Gasteiger partial charge in [0.15, 0.2) is 0 Å². The molecule has 1 aromatic carbocycles. The van der Waals surface area contributed by atoms with E-state index < -0.39 is 16.9 Å². The van der Waals surface area contributed by atoms with Crippen LogP contribution in [-0.2, 0) is 9.53 Å². The first-order valence-electron chi connectivity index (χ1n) is 9.30. The first-order chi connectivity index (χ1) is 13.8. The number of carbonyl (C=O) groups is 1. The SMILES string of the molecule is CCOC(=O)C1=C(C)Nc2nc(SCC(C)C)nn2[C@@H]1c1ccc([N+](=O)[O-])cc1. The lowest BCUT2D eigenvalue weighted by Crippen LogP contribution is -2.29. The van der Waals surface area contributed by atoms with Gasteiger partial charge in [0.2, 0.25) is 11.1 Å². The summed E-state index contributed by atoms with van der Waals surface area (Å²) >= 11 is 1.54. The first-order valence-corrected chi connectivity index (χ1v) is 10.3. The van der Waals surface area contributed by atoms with E-state index in [1.807, 2.05) is 0 Å². The zero-order chi connectivity index (χ0) is 21.1. The van der Waals surface area contributed by atoms with Crippen LogP contribution in [0, 0.1) is 16.0 Å². The summed E-state index contributed by atoms with van der Waals surface area (Å²) in [5, 5.41) is 19.3. The number of non-ortho nitro benzene ring substituents is 1. The number of nitrogens with one attached hydrogen (secondary N) is 1. The molecule has 0 radical (unpaired) electrons. The predicted octanol–water partition coefficient (Wildman–Crippen LogP) is 3.79. The van der Waals surface area contributed by atoms with Crippen LogP contribution in [0.5, 0.6) is 0 Å². The molecule has 154 valence electrons. The molecule has 10 heteroatoms. The van der Waals surface area contributed by atoms with Crippen molar-refractivity contribution in [2.24, 2.45) is 5.92 Å². The van der Waals surface area contributed by atoms with Gasteiger partial charge in [-0.1, -0.05) is 25.6 Å². The molecule has 1 aliphatic heterocycles. The summed E-state index contributed by atoms with van der Waals surface area (Å²) in [5.41, 5.74) is 1.68. The smallest absolute Gasteiger partial charge is 0.338 e. The number of aromatic nitrogens is 3. The van der Waals surface area contributed by atoms with Gasteiger partial charge in [-0.25, -0.2) is 9.48 Å². The molecular formula is C19H23N5O4S. The molecule has 3 rings (SSSR count). The third kappa shape index (κ3) is 4.42. The molecule has 0 unspecified atom stereocenters. The summed E-state index contributed by atoms with van der Waals surface area (Å²) in [7, 11) is 0. The highest BCUT2D eigenvalue weighted by Gasteiger charge is 2.35. The predicted molar refractivity (Wildman–Crippen MR) is 110 cm³/mol. The van der Waals surface area contributed by atoms with Gasteiger partial charge >= 0.3 is 5.97 Å². The number of hydrogen-bond acceptors (Lipinski definition) is 8. The lowest BCUT2D eigenvalue weighted by atomic mass is 9.95. The van der Waals surface area contributed by atoms with Crippen LogP contribution in [0.1, 0.15) is 39.3 Å². The second kappa shape index (κ2) is 8.64. The average Bonchev–Trinajstić information content (AvgIpc) is 3.07. The van der Waals surface area contributed by atoms with Crippen molar-refractivity contribution < 1.29 is 14.5 Å². The van der Waals surface area contributed by atoms with Crippen LogP contribution >= 0.6 is 11.8 Å². The van der Waals surface area contributed by atoms with Crippen LogP contribution in [0.25, 0.3) is 0 Å². The van der Waals surface area contributed by atoms with E-state index >= 15 is 0 Å². The molecule has 0 fully saturated rings. The van der Waals surface area contributed by atoms with Gasteiger partial charge in [-0.05, 0) is 37.5 Å². The number of nitrogens with zero attached hydrogens (tertiary/aromatic N) is 4. The van der Waals surface area contributed by atoms with E-state index in [0.717, 1.165) is 5.75 Å². The number of anilines is 1. The molecule has 0 amide bonds. The van der Waals surface area contributed by atoms with Crippen LogP contribution in [0.3, 0.4) is 0 Å². The molecular weight excluding hydrogens is 394 g/mol. The third-order valence-electron chi connectivity index (χ3n) is 4.29. The van der Waals surface area contributed by atoms with Crippen LogP contribution in [0.15, 0.2) is 40.7 Å². The van der Waals surface area contributed by atoms with Crippen molar-refractivity contribution in [3.05, 3.63) is 51.2 Å². The van der Waals surface area contributed by atoms with Crippen molar-refractivity contribution in [3.8, 4) is 0 Å². The zero-order valence-electron chi connectivity index (χ0n) is 16.7. The minimum Gasteiger partial charge on any atom is -0.463 e. The van der Waals surface area contributed by atoms with Gasteiger partial charge in [0.25, 0.3) is 5.69 Å². The topological polar surface area (TPSA) is 112 Å². The number of nitro benzene ring substituents is 1. The molecule has 2 heterocycles. The minimum atomic E-state index is -0.591. The highest BCUT2D eigenvalue weighted by molar-refractivity contribution is 7.99. The lowest BCUT2D eigenvalue weighted by Gasteiger charge is -2.28. The number of benzene rings is 1. The standard InChI is InChI=1S/C19H23N5O4S/c1-5-28-17(25)15-12(4)20-18-21-19(29-10-11(2)3)22-23(18)16(15)13-6-8-14(9-7-13)24(26)27/h6-9,11,16H,5,10H2,1-4H3,(H,20,21,22)/t16-/m1/s1. The summed E-state index contributed by atoms with van der Waals surface area (Å²) in [6.45, 7) is 8.00. The molecule has 9 nitrogen and oxygen atoms in total. The number of ether oxygens (including phenoxy) is 1. The molecule has 1 N–H and O–H groups in total. The summed E-state index contributed by atoms with van der Waals surface area (Å²) in [5.74, 6) is 1.40. The zero-order valence-corrected chi connectivity index (χ0v) is 17.5. The van der Waals surface area contributed by atoms with Crippen LogP contribution < -0.4 is 5.32 Å². The maximum absolute atomic E-state index is 12.7. The van der Waals surface area contributed by atoms with Crippen LogP contribution in [0.4, 0.5) is 11.6 Å². The number of thioether (sulfide) groups is 1. The Morgan fingerprint density at radius 3 is 2.66 bits per heavy atom. The van der Waals surface area contributed by atoms with Crippen LogP contribution in [-0.4, -0.2) is 38.0 Å². The fourth-order valence-corrected chi connectivity index (χ4v) is 3.77. The van der Waals surface area contributed by atoms with Gasteiger partial charge in [0, 0.05) is 23.6 Å². The normalized spacial score (nSPS) is 15.8. The van der Waals surface area contributed by atoms with E-state index in [0.29, 0.717) is 33.9 Å². The molecule has 29 heavy (non-hydrogen) atoms. The monoisotopic (exact) mass is 417 g/mol. The Morgan fingerprint density at radius 1 is 1.38 bits per heavy atom. The highest BCUT2D eigenvalue weighted by Crippen LogP contribution is 2.37. The van der Waals surface area contributed by atoms with E-state index in [1.54, 1.807) is 30.7 Å². The lowest BCUT2D eigenvalue weighted by molar-refractivity contribution is -0.384. The van der Waals surface area contributed by atoms with Crippen molar-refractivity contribution in [2.75, 3.05) is 17.7 Å². The Balaban J connectivity index is 2.06. The molecule has 0 saturated carbocycles. The number of carbonyl (C=O) groups excluding carboxylic acids is 1. The molecule has 0 saturated heterocycles. The number of fused-ring (bicyclic) bond motifs is 1.